The minimum Gasteiger partial charge on any atom is -0.445 e. The Morgan fingerprint density at radius 1 is 0.912 bits per heavy atom. The molecule has 184 valence electrons. The SMILES string of the molecule is CC(C)C[C@H](NC(=O)OCc1ccccc1)C(=O)N[C@@H](CCS(=O)(=O)c1ccccc1)C(N)=O. The van der Waals surface area contributed by atoms with Crippen molar-refractivity contribution in [2.24, 2.45) is 11.7 Å². The predicted molar refractivity (Wildman–Crippen MR) is 127 cm³/mol. The van der Waals surface area contributed by atoms with E-state index in [1.165, 1.54) is 12.1 Å². The second-order valence-electron chi connectivity index (χ2n) is 8.27. The summed E-state index contributed by atoms with van der Waals surface area (Å²) < 4.78 is 30.2. The van der Waals surface area contributed by atoms with E-state index in [-0.39, 0.29) is 36.0 Å². The van der Waals surface area contributed by atoms with Gasteiger partial charge in [-0.15, -0.1) is 0 Å². The third-order valence-electron chi connectivity index (χ3n) is 4.97. The average Bonchev–Trinajstić information content (AvgIpc) is 2.80. The summed E-state index contributed by atoms with van der Waals surface area (Å²) in [5.41, 5.74) is 6.20. The van der Waals surface area contributed by atoms with Crippen LogP contribution in [0.15, 0.2) is 65.6 Å². The number of amides is 3. The zero-order valence-corrected chi connectivity index (χ0v) is 20.1. The lowest BCUT2D eigenvalue weighted by atomic mass is 10.0. The van der Waals surface area contributed by atoms with Gasteiger partial charge in [-0.25, -0.2) is 13.2 Å². The maximum Gasteiger partial charge on any atom is 0.408 e. The molecule has 0 radical (unpaired) electrons. The van der Waals surface area contributed by atoms with Crippen molar-refractivity contribution in [3.8, 4) is 0 Å². The van der Waals surface area contributed by atoms with Crippen molar-refractivity contribution in [1.29, 1.82) is 0 Å². The van der Waals surface area contributed by atoms with E-state index in [4.69, 9.17) is 10.5 Å². The van der Waals surface area contributed by atoms with E-state index < -0.39 is 39.8 Å². The van der Waals surface area contributed by atoms with Gasteiger partial charge in [-0.05, 0) is 36.5 Å². The smallest absolute Gasteiger partial charge is 0.408 e. The highest BCUT2D eigenvalue weighted by molar-refractivity contribution is 7.91. The van der Waals surface area contributed by atoms with Crippen LogP contribution in [0, 0.1) is 5.92 Å². The summed E-state index contributed by atoms with van der Waals surface area (Å²) in [6.07, 6.45) is -0.711. The van der Waals surface area contributed by atoms with Crippen LogP contribution in [-0.4, -0.2) is 44.2 Å². The number of nitrogens with two attached hydrogens (primary N) is 1. The summed E-state index contributed by atoms with van der Waals surface area (Å²) in [5, 5.41) is 4.99. The van der Waals surface area contributed by atoms with Gasteiger partial charge in [0.25, 0.3) is 0 Å². The predicted octanol–water partition coefficient (Wildman–Crippen LogP) is 2.16. The molecule has 2 rings (SSSR count). The minimum absolute atomic E-state index is 0.0317. The molecule has 2 aromatic carbocycles. The standard InChI is InChI=1S/C24H31N3O6S/c1-17(2)15-21(27-24(30)33-16-18-9-5-3-6-10-18)23(29)26-20(22(25)28)13-14-34(31,32)19-11-7-4-8-12-19/h3-12,17,20-21H,13-16H2,1-2H3,(H2,25,28)(H,26,29)(H,27,30)/t20-,21-/m0/s1. The lowest BCUT2D eigenvalue weighted by Gasteiger charge is -2.23. The molecule has 0 saturated heterocycles. The molecule has 0 heterocycles. The van der Waals surface area contributed by atoms with E-state index in [2.05, 4.69) is 10.6 Å². The summed E-state index contributed by atoms with van der Waals surface area (Å²) in [4.78, 5) is 37.2. The molecule has 0 bridgehead atoms. The number of sulfone groups is 1. The number of nitrogens with one attached hydrogen (secondary N) is 2. The first-order valence-electron chi connectivity index (χ1n) is 10.9. The molecule has 34 heavy (non-hydrogen) atoms. The Balaban J connectivity index is 2.00. The van der Waals surface area contributed by atoms with Gasteiger partial charge in [-0.1, -0.05) is 62.4 Å². The monoisotopic (exact) mass is 489 g/mol. The highest BCUT2D eigenvalue weighted by Crippen LogP contribution is 2.13. The van der Waals surface area contributed by atoms with Crippen LogP contribution in [0.2, 0.25) is 0 Å². The maximum absolute atomic E-state index is 12.9. The summed E-state index contributed by atoms with van der Waals surface area (Å²) in [7, 11) is -3.67. The molecule has 0 aliphatic rings. The van der Waals surface area contributed by atoms with Gasteiger partial charge in [0.1, 0.15) is 18.7 Å². The largest absolute Gasteiger partial charge is 0.445 e. The number of carbonyl (C=O) groups is 3. The van der Waals surface area contributed by atoms with Gasteiger partial charge < -0.3 is 21.1 Å². The van der Waals surface area contributed by atoms with E-state index >= 15 is 0 Å². The van der Waals surface area contributed by atoms with Crippen molar-refractivity contribution in [1.82, 2.24) is 10.6 Å². The molecular formula is C24H31N3O6S. The van der Waals surface area contributed by atoms with E-state index in [1.54, 1.807) is 30.3 Å². The zero-order chi connectivity index (χ0) is 25.1. The van der Waals surface area contributed by atoms with Crippen LogP contribution >= 0.6 is 0 Å². The lowest BCUT2D eigenvalue weighted by molar-refractivity contribution is -0.128. The second kappa shape index (κ2) is 12.7. The van der Waals surface area contributed by atoms with E-state index in [9.17, 15) is 22.8 Å². The van der Waals surface area contributed by atoms with Crippen molar-refractivity contribution in [3.05, 3.63) is 66.2 Å². The number of benzene rings is 2. The minimum atomic E-state index is -3.67. The van der Waals surface area contributed by atoms with Crippen LogP contribution in [0.4, 0.5) is 4.79 Å². The van der Waals surface area contributed by atoms with Gasteiger partial charge in [0.2, 0.25) is 11.8 Å². The van der Waals surface area contributed by atoms with E-state index in [0.29, 0.717) is 0 Å². The maximum atomic E-state index is 12.9. The van der Waals surface area contributed by atoms with Crippen molar-refractivity contribution >= 4 is 27.7 Å². The van der Waals surface area contributed by atoms with Gasteiger partial charge in [-0.3, -0.25) is 9.59 Å². The van der Waals surface area contributed by atoms with E-state index in [1.807, 2.05) is 32.0 Å². The highest BCUT2D eigenvalue weighted by Gasteiger charge is 2.28. The second-order valence-corrected chi connectivity index (χ2v) is 10.4. The molecule has 0 aliphatic carbocycles. The topological polar surface area (TPSA) is 145 Å². The van der Waals surface area contributed by atoms with Gasteiger partial charge in [-0.2, -0.15) is 0 Å². The van der Waals surface area contributed by atoms with Gasteiger partial charge in [0, 0.05) is 0 Å². The van der Waals surface area contributed by atoms with Gasteiger partial charge in [0.15, 0.2) is 9.84 Å². The number of primary amides is 1. The third-order valence-corrected chi connectivity index (χ3v) is 6.73. The van der Waals surface area contributed by atoms with Crippen molar-refractivity contribution in [3.63, 3.8) is 0 Å². The fourth-order valence-electron chi connectivity index (χ4n) is 3.19. The summed E-state index contributed by atoms with van der Waals surface area (Å²) >= 11 is 0. The lowest BCUT2D eigenvalue weighted by Crippen LogP contribution is -2.53. The Kier molecular flexibility index (Phi) is 10.1. The molecular weight excluding hydrogens is 458 g/mol. The van der Waals surface area contributed by atoms with E-state index in [0.717, 1.165) is 5.56 Å². The Morgan fingerprint density at radius 3 is 2.06 bits per heavy atom. The number of carbonyl (C=O) groups excluding carboxylic acids is 3. The summed E-state index contributed by atoms with van der Waals surface area (Å²) in [6.45, 7) is 3.77. The van der Waals surface area contributed by atoms with Crippen LogP contribution in [0.25, 0.3) is 0 Å². The van der Waals surface area contributed by atoms with Gasteiger partial charge >= 0.3 is 6.09 Å². The van der Waals surface area contributed by atoms with Crippen molar-refractivity contribution in [2.75, 3.05) is 5.75 Å². The molecule has 4 N–H and O–H groups in total. The number of hydrogen-bond acceptors (Lipinski definition) is 6. The molecule has 2 aromatic rings. The molecule has 3 amide bonds. The number of rotatable bonds is 12. The number of hydrogen-bond donors (Lipinski definition) is 3. The van der Waals surface area contributed by atoms with Crippen LogP contribution < -0.4 is 16.4 Å². The first-order chi connectivity index (χ1) is 16.1. The zero-order valence-electron chi connectivity index (χ0n) is 19.3. The molecule has 0 aliphatic heterocycles. The summed E-state index contributed by atoms with van der Waals surface area (Å²) in [5.74, 6) is -1.86. The van der Waals surface area contributed by atoms with Crippen LogP contribution in [-0.2, 0) is 30.8 Å². The molecule has 9 nitrogen and oxygen atoms in total. The summed E-state index contributed by atoms with van der Waals surface area (Å²) in [6, 6.07) is 14.6. The Morgan fingerprint density at radius 2 is 1.50 bits per heavy atom. The van der Waals surface area contributed by atoms with Gasteiger partial charge in [0.05, 0.1) is 10.6 Å². The fourth-order valence-corrected chi connectivity index (χ4v) is 4.54. The first kappa shape index (κ1) is 26.8. The molecule has 0 fully saturated rings. The highest BCUT2D eigenvalue weighted by atomic mass is 32.2. The molecule has 0 spiro atoms. The molecule has 10 heteroatoms. The third kappa shape index (κ3) is 8.86. The normalized spacial score (nSPS) is 13.0. The number of ether oxygens (including phenoxy) is 1. The van der Waals surface area contributed by atoms with Crippen LogP contribution in [0.5, 0.6) is 0 Å². The molecule has 0 saturated carbocycles. The quantitative estimate of drug-likeness (QED) is 0.417. The number of alkyl carbamates (subject to hydrolysis) is 1. The Labute approximate surface area is 200 Å². The average molecular weight is 490 g/mol. The fraction of sp³-hybridized carbons (Fsp3) is 0.375. The molecule has 0 aromatic heterocycles. The first-order valence-corrected chi connectivity index (χ1v) is 12.6. The van der Waals surface area contributed by atoms with Crippen LogP contribution in [0.3, 0.4) is 0 Å². The Hall–Kier alpha value is -3.40. The van der Waals surface area contributed by atoms with Crippen molar-refractivity contribution in [2.45, 2.75) is 50.3 Å². The van der Waals surface area contributed by atoms with Crippen molar-refractivity contribution < 1.29 is 27.5 Å². The molecule has 0 unspecified atom stereocenters. The Bertz CT molecular complexity index is 1060. The van der Waals surface area contributed by atoms with Crippen LogP contribution in [0.1, 0.15) is 32.3 Å². The molecule has 2 atom stereocenters.